The lowest BCUT2D eigenvalue weighted by molar-refractivity contribution is 0.656. The summed E-state index contributed by atoms with van der Waals surface area (Å²) in [5.41, 5.74) is 13.4. The van der Waals surface area contributed by atoms with Crippen molar-refractivity contribution in [3.8, 4) is 0 Å². The topological polar surface area (TPSA) is 99.3 Å². The summed E-state index contributed by atoms with van der Waals surface area (Å²) < 4.78 is 1.33. The van der Waals surface area contributed by atoms with Crippen molar-refractivity contribution >= 4 is 17.4 Å². The molecule has 4 N–H and O–H groups in total. The zero-order valence-corrected chi connectivity index (χ0v) is 9.31. The van der Waals surface area contributed by atoms with Gasteiger partial charge in [0.15, 0.2) is 0 Å². The second kappa shape index (κ2) is 3.44. The molecular formula is C11H13N5O. The summed E-state index contributed by atoms with van der Waals surface area (Å²) in [5.74, 6) is 0.385. The average Bonchev–Trinajstić information content (AvgIpc) is 2.28. The summed E-state index contributed by atoms with van der Waals surface area (Å²) in [6, 6.07) is 1.58. The Labute approximate surface area is 97.3 Å². The van der Waals surface area contributed by atoms with E-state index in [9.17, 15) is 4.79 Å². The Bertz CT molecular complexity index is 661. The van der Waals surface area contributed by atoms with Crippen molar-refractivity contribution in [1.82, 2.24) is 14.4 Å². The molecule has 0 unspecified atom stereocenters. The normalized spacial score (nSPS) is 14.8. The van der Waals surface area contributed by atoms with Gasteiger partial charge in [0.25, 0.3) is 5.56 Å². The molecule has 0 aliphatic heterocycles. The molecule has 6 heteroatoms. The fourth-order valence-electron chi connectivity index (χ4n) is 2.34. The Hall–Kier alpha value is -2.11. The third kappa shape index (κ3) is 1.44. The van der Waals surface area contributed by atoms with E-state index in [4.69, 9.17) is 11.5 Å². The van der Waals surface area contributed by atoms with Gasteiger partial charge in [0.05, 0.1) is 5.69 Å². The lowest BCUT2D eigenvalue weighted by Gasteiger charge is -2.15. The van der Waals surface area contributed by atoms with Crippen LogP contribution >= 0.6 is 0 Å². The second-order valence-electron chi connectivity index (χ2n) is 4.28. The molecule has 2 heterocycles. The summed E-state index contributed by atoms with van der Waals surface area (Å²) in [6.07, 6.45) is 3.72. The number of aryl methyl sites for hydroxylation is 1. The third-order valence-corrected chi connectivity index (χ3v) is 3.13. The van der Waals surface area contributed by atoms with Gasteiger partial charge in [-0.25, -0.2) is 9.38 Å². The molecule has 0 aromatic carbocycles. The molecule has 2 aromatic rings. The summed E-state index contributed by atoms with van der Waals surface area (Å²) in [7, 11) is 0. The molecule has 0 saturated heterocycles. The predicted octanol–water partition coefficient (Wildman–Crippen LogP) is 0.133. The van der Waals surface area contributed by atoms with Crippen LogP contribution in [0.2, 0.25) is 0 Å². The Morgan fingerprint density at radius 3 is 2.76 bits per heavy atom. The number of aromatic nitrogens is 3. The first-order valence-electron chi connectivity index (χ1n) is 5.63. The van der Waals surface area contributed by atoms with Gasteiger partial charge in [0.1, 0.15) is 11.5 Å². The molecule has 0 fully saturated rings. The number of nitrogens with zero attached hydrogens (tertiary/aromatic N) is 3. The molecule has 0 saturated carbocycles. The fourth-order valence-corrected chi connectivity index (χ4v) is 2.34. The van der Waals surface area contributed by atoms with Crippen LogP contribution in [0.1, 0.15) is 24.1 Å². The zero-order valence-electron chi connectivity index (χ0n) is 9.31. The molecule has 6 nitrogen and oxygen atoms in total. The van der Waals surface area contributed by atoms with E-state index in [1.165, 1.54) is 4.40 Å². The van der Waals surface area contributed by atoms with Crippen molar-refractivity contribution in [3.63, 3.8) is 0 Å². The van der Waals surface area contributed by atoms with Gasteiger partial charge >= 0.3 is 0 Å². The third-order valence-electron chi connectivity index (χ3n) is 3.13. The van der Waals surface area contributed by atoms with Crippen LogP contribution in [-0.4, -0.2) is 14.4 Å². The van der Waals surface area contributed by atoms with Crippen LogP contribution in [0.25, 0.3) is 5.65 Å². The first-order valence-corrected chi connectivity index (χ1v) is 5.63. The molecule has 0 amide bonds. The Balaban J connectivity index is 2.44. The van der Waals surface area contributed by atoms with Gasteiger partial charge in [-0.2, -0.15) is 4.98 Å². The van der Waals surface area contributed by atoms with E-state index in [2.05, 4.69) is 9.97 Å². The van der Waals surface area contributed by atoms with Gasteiger partial charge in [-0.1, -0.05) is 0 Å². The van der Waals surface area contributed by atoms with E-state index in [-0.39, 0.29) is 17.3 Å². The first kappa shape index (κ1) is 10.1. The highest BCUT2D eigenvalue weighted by Crippen LogP contribution is 2.18. The Morgan fingerprint density at radius 2 is 1.94 bits per heavy atom. The summed E-state index contributed by atoms with van der Waals surface area (Å²) in [4.78, 5) is 20.6. The maximum atomic E-state index is 12.3. The lowest BCUT2D eigenvalue weighted by atomic mass is 9.97. The van der Waals surface area contributed by atoms with Crippen LogP contribution in [0.5, 0.6) is 0 Å². The van der Waals surface area contributed by atoms with Crippen molar-refractivity contribution in [3.05, 3.63) is 27.7 Å². The highest BCUT2D eigenvalue weighted by Gasteiger charge is 2.17. The van der Waals surface area contributed by atoms with Crippen molar-refractivity contribution in [2.75, 3.05) is 11.5 Å². The van der Waals surface area contributed by atoms with Gasteiger partial charge in [-0.15, -0.1) is 0 Å². The van der Waals surface area contributed by atoms with E-state index in [0.717, 1.165) is 36.9 Å². The van der Waals surface area contributed by atoms with Crippen molar-refractivity contribution in [1.29, 1.82) is 0 Å². The molecule has 3 rings (SSSR count). The fraction of sp³-hybridized carbons (Fsp3) is 0.364. The molecule has 1 aliphatic carbocycles. The van der Waals surface area contributed by atoms with Crippen molar-refractivity contribution in [2.24, 2.45) is 0 Å². The minimum absolute atomic E-state index is 0.102. The van der Waals surface area contributed by atoms with E-state index in [0.29, 0.717) is 5.65 Å². The van der Waals surface area contributed by atoms with E-state index < -0.39 is 0 Å². The number of hydrogen-bond donors (Lipinski definition) is 2. The predicted molar refractivity (Wildman–Crippen MR) is 64.7 cm³/mol. The van der Waals surface area contributed by atoms with E-state index >= 15 is 0 Å². The summed E-state index contributed by atoms with van der Waals surface area (Å²) >= 11 is 0. The number of anilines is 2. The molecule has 0 atom stereocenters. The van der Waals surface area contributed by atoms with Gasteiger partial charge < -0.3 is 11.5 Å². The molecule has 2 aromatic heterocycles. The number of nitrogens with two attached hydrogens (primary N) is 2. The molecule has 88 valence electrons. The summed E-state index contributed by atoms with van der Waals surface area (Å²) in [6.45, 7) is 0. The van der Waals surface area contributed by atoms with Gasteiger partial charge in [0.2, 0.25) is 5.95 Å². The van der Waals surface area contributed by atoms with Gasteiger partial charge in [-0.3, -0.25) is 4.79 Å². The van der Waals surface area contributed by atoms with Gasteiger partial charge in [-0.05, 0) is 25.7 Å². The molecule has 0 spiro atoms. The maximum Gasteiger partial charge on any atom is 0.264 e. The molecule has 1 aliphatic rings. The number of nitrogen functional groups attached to an aromatic ring is 2. The van der Waals surface area contributed by atoms with E-state index in [1.54, 1.807) is 6.07 Å². The number of fused-ring (bicyclic) bond motifs is 2. The molecule has 0 radical (unpaired) electrons. The maximum absolute atomic E-state index is 12.3. The van der Waals surface area contributed by atoms with Crippen LogP contribution in [0.15, 0.2) is 10.9 Å². The first-order chi connectivity index (χ1) is 8.16. The monoisotopic (exact) mass is 231 g/mol. The average molecular weight is 231 g/mol. The van der Waals surface area contributed by atoms with Crippen LogP contribution in [0.3, 0.4) is 0 Å². The van der Waals surface area contributed by atoms with Crippen LogP contribution in [-0.2, 0) is 12.8 Å². The Morgan fingerprint density at radius 1 is 1.18 bits per heavy atom. The smallest absolute Gasteiger partial charge is 0.264 e. The highest BCUT2D eigenvalue weighted by atomic mass is 16.1. The molecule has 0 bridgehead atoms. The van der Waals surface area contributed by atoms with Crippen LogP contribution < -0.4 is 17.0 Å². The van der Waals surface area contributed by atoms with E-state index in [1.807, 2.05) is 0 Å². The Kier molecular flexibility index (Phi) is 2.04. The summed E-state index contributed by atoms with van der Waals surface area (Å²) in [5, 5.41) is 0. The molecule has 17 heavy (non-hydrogen) atoms. The quantitative estimate of drug-likeness (QED) is 0.671. The highest BCUT2D eigenvalue weighted by molar-refractivity contribution is 5.53. The number of hydrogen-bond acceptors (Lipinski definition) is 5. The van der Waals surface area contributed by atoms with Crippen LogP contribution in [0, 0.1) is 0 Å². The minimum Gasteiger partial charge on any atom is -0.383 e. The minimum atomic E-state index is -0.102. The van der Waals surface area contributed by atoms with Crippen molar-refractivity contribution in [2.45, 2.75) is 25.7 Å². The van der Waals surface area contributed by atoms with Crippen molar-refractivity contribution < 1.29 is 0 Å². The van der Waals surface area contributed by atoms with Crippen LogP contribution in [0.4, 0.5) is 11.8 Å². The van der Waals surface area contributed by atoms with Gasteiger partial charge in [0, 0.05) is 11.6 Å². The lowest BCUT2D eigenvalue weighted by Crippen LogP contribution is -2.27. The largest absolute Gasteiger partial charge is 0.383 e. The SMILES string of the molecule is Nc1cc2nc3c(c(=O)n2c(N)n1)CCCC3. The molecular weight excluding hydrogens is 218 g/mol. The standard InChI is InChI=1S/C11H13N5O/c12-8-5-9-14-7-4-2-1-3-6(7)10(17)16(9)11(13)15-8/h5H,1-4,12H2,(H2,13,15). The second-order valence-corrected chi connectivity index (χ2v) is 4.28. The zero-order chi connectivity index (χ0) is 12.0. The number of rotatable bonds is 0.